The van der Waals surface area contributed by atoms with Crippen molar-refractivity contribution in [2.45, 2.75) is 63.3 Å². The van der Waals surface area contributed by atoms with Crippen molar-refractivity contribution in [3.8, 4) is 0 Å². The van der Waals surface area contributed by atoms with E-state index in [0.717, 1.165) is 12.8 Å². The van der Waals surface area contributed by atoms with Gasteiger partial charge in [-0.1, -0.05) is 6.42 Å². The molecule has 0 radical (unpaired) electrons. The fourth-order valence-electron chi connectivity index (χ4n) is 3.22. The number of rotatable bonds is 5. The fourth-order valence-corrected chi connectivity index (χ4v) is 3.22. The van der Waals surface area contributed by atoms with Crippen molar-refractivity contribution in [3.63, 3.8) is 0 Å². The topological polar surface area (TPSA) is 47.6 Å². The van der Waals surface area contributed by atoms with Crippen molar-refractivity contribution in [1.82, 2.24) is 5.32 Å². The molecule has 2 aliphatic heterocycles. The van der Waals surface area contributed by atoms with E-state index in [0.29, 0.717) is 24.3 Å². The summed E-state index contributed by atoms with van der Waals surface area (Å²) in [4.78, 5) is 12.4. The van der Waals surface area contributed by atoms with Crippen LogP contribution < -0.4 is 5.32 Å². The highest BCUT2D eigenvalue weighted by Crippen LogP contribution is 2.32. The van der Waals surface area contributed by atoms with E-state index in [9.17, 15) is 4.79 Å². The maximum Gasteiger partial charge on any atom is 0.171 e. The Morgan fingerprint density at radius 3 is 2.28 bits per heavy atom. The van der Waals surface area contributed by atoms with Gasteiger partial charge in [-0.05, 0) is 32.6 Å². The van der Waals surface area contributed by atoms with E-state index in [4.69, 9.17) is 9.47 Å². The van der Waals surface area contributed by atoms with Gasteiger partial charge in [0.05, 0.1) is 6.42 Å². The monoisotopic (exact) mass is 255 g/mol. The molecular formula is C14H25NO3. The average Bonchev–Trinajstić information content (AvgIpc) is 2.38. The van der Waals surface area contributed by atoms with Crippen LogP contribution in [-0.4, -0.2) is 37.9 Å². The lowest BCUT2D eigenvalue weighted by Gasteiger charge is -2.40. The van der Waals surface area contributed by atoms with Crippen LogP contribution >= 0.6 is 0 Å². The molecule has 0 aliphatic carbocycles. The Hall–Kier alpha value is -0.450. The molecule has 0 spiro atoms. The smallest absolute Gasteiger partial charge is 0.171 e. The van der Waals surface area contributed by atoms with E-state index in [2.05, 4.69) is 5.32 Å². The van der Waals surface area contributed by atoms with E-state index in [-0.39, 0.29) is 5.92 Å². The van der Waals surface area contributed by atoms with Gasteiger partial charge in [-0.15, -0.1) is 0 Å². The van der Waals surface area contributed by atoms with Crippen LogP contribution in [0.25, 0.3) is 0 Å². The number of carbonyl (C=O) groups excluding carboxylic acids is 1. The Balaban J connectivity index is 1.93. The van der Waals surface area contributed by atoms with Crippen LogP contribution in [0.2, 0.25) is 0 Å². The minimum absolute atomic E-state index is 0.186. The first kappa shape index (κ1) is 14.0. The number of hydrogen-bond acceptors (Lipinski definition) is 4. The Labute approximate surface area is 109 Å². The lowest BCUT2D eigenvalue weighted by molar-refractivity contribution is -0.199. The summed E-state index contributed by atoms with van der Waals surface area (Å²) in [5.74, 6) is -0.289. The van der Waals surface area contributed by atoms with Crippen LogP contribution in [0.4, 0.5) is 0 Å². The molecule has 2 heterocycles. The van der Waals surface area contributed by atoms with Crippen LogP contribution in [0.5, 0.6) is 0 Å². The zero-order chi connectivity index (χ0) is 13.2. The number of ether oxygens (including phenoxy) is 2. The van der Waals surface area contributed by atoms with Crippen molar-refractivity contribution in [1.29, 1.82) is 0 Å². The molecule has 4 nitrogen and oxygen atoms in total. The van der Waals surface area contributed by atoms with Crippen molar-refractivity contribution < 1.29 is 14.3 Å². The molecule has 2 unspecified atom stereocenters. The molecule has 2 bridgehead atoms. The summed E-state index contributed by atoms with van der Waals surface area (Å²) in [6, 6.07) is 1.09. The van der Waals surface area contributed by atoms with Gasteiger partial charge in [-0.25, -0.2) is 0 Å². The Bertz CT molecular complexity index is 289. The SMILES string of the molecule is COC(C)(CC(=O)C1CC2CCCC(C1)N2)OC. The molecule has 2 rings (SSSR count). The standard InChI is InChI=1S/C14H25NO3/c1-14(17-2,18-3)9-13(16)10-7-11-5-4-6-12(8-10)15-11/h10-12,15H,4-9H2,1-3H3. The number of Topliss-reactive ketones (excluding diaryl/α,β-unsaturated/α-hetero) is 1. The number of carbonyl (C=O) groups is 1. The summed E-state index contributed by atoms with van der Waals surface area (Å²) in [6.45, 7) is 1.83. The maximum atomic E-state index is 12.4. The third-order valence-corrected chi connectivity index (χ3v) is 4.53. The van der Waals surface area contributed by atoms with Gasteiger partial charge in [-0.3, -0.25) is 4.79 Å². The second-order valence-electron chi connectivity index (χ2n) is 5.84. The van der Waals surface area contributed by atoms with Gasteiger partial charge in [0.1, 0.15) is 5.78 Å². The van der Waals surface area contributed by atoms with Gasteiger partial charge in [0.25, 0.3) is 0 Å². The van der Waals surface area contributed by atoms with Crippen LogP contribution in [0, 0.1) is 5.92 Å². The zero-order valence-corrected chi connectivity index (χ0v) is 11.7. The molecule has 104 valence electrons. The van der Waals surface area contributed by atoms with Crippen LogP contribution in [0.15, 0.2) is 0 Å². The molecule has 1 N–H and O–H groups in total. The quantitative estimate of drug-likeness (QED) is 0.762. The second-order valence-corrected chi connectivity index (χ2v) is 5.84. The molecule has 0 aromatic rings. The molecule has 0 aromatic carbocycles. The zero-order valence-electron chi connectivity index (χ0n) is 11.7. The number of ketones is 1. The Morgan fingerprint density at radius 1 is 1.22 bits per heavy atom. The highest BCUT2D eigenvalue weighted by molar-refractivity contribution is 5.82. The summed E-state index contributed by atoms with van der Waals surface area (Å²) >= 11 is 0. The predicted molar refractivity (Wildman–Crippen MR) is 69.3 cm³/mol. The molecule has 2 atom stereocenters. The molecular weight excluding hydrogens is 230 g/mol. The normalized spacial score (nSPS) is 32.3. The highest BCUT2D eigenvalue weighted by Gasteiger charge is 2.37. The highest BCUT2D eigenvalue weighted by atomic mass is 16.7. The number of fused-ring (bicyclic) bond motifs is 2. The van der Waals surface area contributed by atoms with Gasteiger partial charge >= 0.3 is 0 Å². The second kappa shape index (κ2) is 5.68. The van der Waals surface area contributed by atoms with Crippen molar-refractivity contribution in [3.05, 3.63) is 0 Å². The molecule has 18 heavy (non-hydrogen) atoms. The van der Waals surface area contributed by atoms with Crippen LogP contribution in [0.1, 0.15) is 45.4 Å². The predicted octanol–water partition coefficient (Wildman–Crippen LogP) is 1.88. The maximum absolute atomic E-state index is 12.4. The Kier molecular flexibility index (Phi) is 4.41. The molecule has 2 fully saturated rings. The summed E-state index contributed by atoms with van der Waals surface area (Å²) in [7, 11) is 3.18. The first-order chi connectivity index (χ1) is 8.56. The van der Waals surface area contributed by atoms with Gasteiger partial charge in [0.15, 0.2) is 5.79 Å². The fraction of sp³-hybridized carbons (Fsp3) is 0.929. The van der Waals surface area contributed by atoms with E-state index in [1.807, 2.05) is 6.92 Å². The third-order valence-electron chi connectivity index (χ3n) is 4.53. The summed E-state index contributed by atoms with van der Waals surface area (Å²) < 4.78 is 10.6. The molecule has 0 amide bonds. The van der Waals surface area contributed by atoms with Crippen molar-refractivity contribution in [2.24, 2.45) is 5.92 Å². The van der Waals surface area contributed by atoms with E-state index < -0.39 is 5.79 Å². The van der Waals surface area contributed by atoms with E-state index >= 15 is 0 Å². The van der Waals surface area contributed by atoms with Crippen molar-refractivity contribution in [2.75, 3.05) is 14.2 Å². The Morgan fingerprint density at radius 2 is 1.78 bits per heavy atom. The molecule has 0 aromatic heterocycles. The minimum Gasteiger partial charge on any atom is -0.353 e. The average molecular weight is 255 g/mol. The number of piperidine rings is 2. The molecule has 2 aliphatic rings. The lowest BCUT2D eigenvalue weighted by atomic mass is 9.77. The van der Waals surface area contributed by atoms with Crippen LogP contribution in [0.3, 0.4) is 0 Å². The van der Waals surface area contributed by atoms with Gasteiger partial charge < -0.3 is 14.8 Å². The largest absolute Gasteiger partial charge is 0.353 e. The van der Waals surface area contributed by atoms with E-state index in [1.54, 1.807) is 14.2 Å². The summed E-state index contributed by atoms with van der Waals surface area (Å²) in [6.07, 6.45) is 6.05. The van der Waals surface area contributed by atoms with E-state index in [1.165, 1.54) is 19.3 Å². The number of nitrogens with one attached hydrogen (secondary N) is 1. The van der Waals surface area contributed by atoms with Gasteiger partial charge in [-0.2, -0.15) is 0 Å². The van der Waals surface area contributed by atoms with Gasteiger partial charge in [0, 0.05) is 32.2 Å². The molecule has 0 saturated carbocycles. The lowest BCUT2D eigenvalue weighted by Crippen LogP contribution is -2.50. The molecule has 4 heteroatoms. The third kappa shape index (κ3) is 3.11. The summed E-state index contributed by atoms with van der Waals surface area (Å²) in [5, 5.41) is 3.61. The number of hydrogen-bond donors (Lipinski definition) is 1. The summed E-state index contributed by atoms with van der Waals surface area (Å²) in [5.41, 5.74) is 0. The number of methoxy groups -OCH3 is 2. The van der Waals surface area contributed by atoms with Crippen molar-refractivity contribution >= 4 is 5.78 Å². The van der Waals surface area contributed by atoms with Crippen LogP contribution in [-0.2, 0) is 14.3 Å². The first-order valence-corrected chi connectivity index (χ1v) is 6.95. The molecule has 2 saturated heterocycles. The minimum atomic E-state index is -0.767. The first-order valence-electron chi connectivity index (χ1n) is 6.95. The van der Waals surface area contributed by atoms with Gasteiger partial charge in [0.2, 0.25) is 0 Å².